The normalized spacial score (nSPS) is 10.8. The van der Waals surface area contributed by atoms with Crippen molar-refractivity contribution in [2.24, 2.45) is 0 Å². The summed E-state index contributed by atoms with van der Waals surface area (Å²) in [6, 6.07) is 8.35. The van der Waals surface area contributed by atoms with Crippen molar-refractivity contribution in [2.45, 2.75) is 13.3 Å². The van der Waals surface area contributed by atoms with Gasteiger partial charge in [0.05, 0.1) is 0 Å². The molecule has 1 aromatic heterocycles. The van der Waals surface area contributed by atoms with E-state index in [0.717, 1.165) is 18.0 Å². The zero-order valence-corrected chi connectivity index (χ0v) is 11.7. The molecule has 17 heavy (non-hydrogen) atoms. The summed E-state index contributed by atoms with van der Waals surface area (Å²) in [6.07, 6.45) is 1.08. The standard InChI is InChI=1S/C14H16ClNS/c1-10-7-12(15)3-4-13(10)14-8-11(9-17-14)5-6-16-2/h3-4,7-9,16H,5-6H2,1-2H3. The molecule has 90 valence electrons. The maximum absolute atomic E-state index is 5.97. The Bertz CT molecular complexity index is 505. The van der Waals surface area contributed by atoms with E-state index in [2.05, 4.69) is 29.8 Å². The third kappa shape index (κ3) is 3.09. The highest BCUT2D eigenvalue weighted by Crippen LogP contribution is 2.31. The summed E-state index contributed by atoms with van der Waals surface area (Å²) in [5.41, 5.74) is 3.92. The van der Waals surface area contributed by atoms with Crippen molar-refractivity contribution in [2.75, 3.05) is 13.6 Å². The average Bonchev–Trinajstić information content (AvgIpc) is 2.75. The highest BCUT2D eigenvalue weighted by molar-refractivity contribution is 7.13. The number of nitrogens with one attached hydrogen (secondary N) is 1. The van der Waals surface area contributed by atoms with Crippen LogP contribution in [-0.4, -0.2) is 13.6 Å². The second-order valence-corrected chi connectivity index (χ2v) is 5.48. The Morgan fingerprint density at radius 3 is 2.82 bits per heavy atom. The third-order valence-electron chi connectivity index (χ3n) is 2.77. The molecule has 0 aliphatic rings. The molecule has 1 heterocycles. The molecule has 0 saturated carbocycles. The predicted octanol–water partition coefficient (Wildman–Crippen LogP) is 4.14. The van der Waals surface area contributed by atoms with Crippen molar-refractivity contribution in [3.63, 3.8) is 0 Å². The van der Waals surface area contributed by atoms with Crippen LogP contribution in [0.2, 0.25) is 5.02 Å². The van der Waals surface area contributed by atoms with Crippen molar-refractivity contribution in [1.82, 2.24) is 5.32 Å². The number of rotatable bonds is 4. The molecule has 1 aromatic carbocycles. The number of halogens is 1. The predicted molar refractivity (Wildman–Crippen MR) is 77.1 cm³/mol. The van der Waals surface area contributed by atoms with E-state index < -0.39 is 0 Å². The van der Waals surface area contributed by atoms with E-state index in [9.17, 15) is 0 Å². The Hall–Kier alpha value is -0.830. The summed E-state index contributed by atoms with van der Waals surface area (Å²) >= 11 is 7.78. The van der Waals surface area contributed by atoms with E-state index in [1.54, 1.807) is 11.3 Å². The number of likely N-dealkylation sites (N-methyl/N-ethyl adjacent to an activating group) is 1. The molecular formula is C14H16ClNS. The molecule has 0 radical (unpaired) electrons. The van der Waals surface area contributed by atoms with Gasteiger partial charge in [0.15, 0.2) is 0 Å². The zero-order valence-electron chi connectivity index (χ0n) is 10.1. The molecule has 2 aromatic rings. The molecule has 0 aliphatic carbocycles. The molecule has 0 atom stereocenters. The lowest BCUT2D eigenvalue weighted by atomic mass is 10.1. The largest absolute Gasteiger partial charge is 0.319 e. The minimum Gasteiger partial charge on any atom is -0.319 e. The summed E-state index contributed by atoms with van der Waals surface area (Å²) in [5, 5.41) is 6.21. The molecule has 0 amide bonds. The van der Waals surface area contributed by atoms with Gasteiger partial charge in [-0.1, -0.05) is 17.7 Å². The van der Waals surface area contributed by atoms with Crippen molar-refractivity contribution >= 4 is 22.9 Å². The maximum Gasteiger partial charge on any atom is 0.0409 e. The summed E-state index contributed by atoms with van der Waals surface area (Å²) in [4.78, 5) is 1.32. The lowest BCUT2D eigenvalue weighted by Gasteiger charge is -2.03. The van der Waals surface area contributed by atoms with Crippen LogP contribution in [-0.2, 0) is 6.42 Å². The molecule has 0 aliphatic heterocycles. The molecule has 3 heteroatoms. The molecule has 1 N–H and O–H groups in total. The van der Waals surface area contributed by atoms with E-state index in [1.165, 1.54) is 21.6 Å². The van der Waals surface area contributed by atoms with E-state index in [4.69, 9.17) is 11.6 Å². The lowest BCUT2D eigenvalue weighted by Crippen LogP contribution is -2.09. The highest BCUT2D eigenvalue weighted by Gasteiger charge is 2.05. The van der Waals surface area contributed by atoms with E-state index in [0.29, 0.717) is 0 Å². The molecule has 1 nitrogen and oxygen atoms in total. The van der Waals surface area contributed by atoms with Crippen LogP contribution in [0.25, 0.3) is 10.4 Å². The van der Waals surface area contributed by atoms with Crippen LogP contribution in [0.5, 0.6) is 0 Å². The van der Waals surface area contributed by atoms with Crippen LogP contribution in [0, 0.1) is 6.92 Å². The Balaban J connectivity index is 2.24. The van der Waals surface area contributed by atoms with Gasteiger partial charge in [0, 0.05) is 9.90 Å². The second-order valence-electron chi connectivity index (χ2n) is 4.13. The molecular weight excluding hydrogens is 250 g/mol. The number of hydrogen-bond donors (Lipinski definition) is 1. The van der Waals surface area contributed by atoms with Crippen LogP contribution in [0.4, 0.5) is 0 Å². The van der Waals surface area contributed by atoms with Crippen molar-refractivity contribution in [3.8, 4) is 10.4 Å². The number of hydrogen-bond acceptors (Lipinski definition) is 2. The first-order valence-corrected chi connectivity index (χ1v) is 6.95. The summed E-state index contributed by atoms with van der Waals surface area (Å²) in [5.74, 6) is 0. The van der Waals surface area contributed by atoms with Gasteiger partial charge in [-0.15, -0.1) is 11.3 Å². The average molecular weight is 266 g/mol. The fraction of sp³-hybridized carbons (Fsp3) is 0.286. The van der Waals surface area contributed by atoms with Gasteiger partial charge in [-0.25, -0.2) is 0 Å². The first-order chi connectivity index (χ1) is 8.20. The Kier molecular flexibility index (Phi) is 4.21. The fourth-order valence-electron chi connectivity index (χ4n) is 1.82. The molecule has 0 spiro atoms. The molecule has 0 bridgehead atoms. The number of benzene rings is 1. The van der Waals surface area contributed by atoms with Gasteiger partial charge in [0.2, 0.25) is 0 Å². The monoisotopic (exact) mass is 265 g/mol. The van der Waals surface area contributed by atoms with Gasteiger partial charge in [0.25, 0.3) is 0 Å². The minimum atomic E-state index is 0.804. The van der Waals surface area contributed by atoms with Gasteiger partial charge >= 0.3 is 0 Å². The van der Waals surface area contributed by atoms with Crippen LogP contribution < -0.4 is 5.32 Å². The van der Waals surface area contributed by atoms with Gasteiger partial charge in [-0.2, -0.15) is 0 Å². The first-order valence-electron chi connectivity index (χ1n) is 5.69. The third-order valence-corrected chi connectivity index (χ3v) is 4.02. The van der Waals surface area contributed by atoms with Crippen LogP contribution in [0.15, 0.2) is 29.6 Å². The van der Waals surface area contributed by atoms with Gasteiger partial charge < -0.3 is 5.32 Å². The highest BCUT2D eigenvalue weighted by atomic mass is 35.5. The summed E-state index contributed by atoms with van der Waals surface area (Å²) < 4.78 is 0. The smallest absolute Gasteiger partial charge is 0.0409 e. The van der Waals surface area contributed by atoms with E-state index in [-0.39, 0.29) is 0 Å². The van der Waals surface area contributed by atoms with E-state index >= 15 is 0 Å². The number of aryl methyl sites for hydroxylation is 1. The molecule has 0 unspecified atom stereocenters. The Morgan fingerprint density at radius 2 is 2.12 bits per heavy atom. The summed E-state index contributed by atoms with van der Waals surface area (Å²) in [6.45, 7) is 3.13. The Labute approximate surface area is 111 Å². The SMILES string of the molecule is CNCCc1csc(-c2ccc(Cl)cc2C)c1. The maximum atomic E-state index is 5.97. The van der Waals surface area contributed by atoms with Crippen LogP contribution >= 0.6 is 22.9 Å². The van der Waals surface area contributed by atoms with Crippen LogP contribution in [0.1, 0.15) is 11.1 Å². The number of thiophene rings is 1. The van der Waals surface area contributed by atoms with Crippen molar-refractivity contribution in [3.05, 3.63) is 45.8 Å². The van der Waals surface area contributed by atoms with E-state index in [1.807, 2.05) is 19.2 Å². The van der Waals surface area contributed by atoms with Gasteiger partial charge in [0.1, 0.15) is 0 Å². The Morgan fingerprint density at radius 1 is 1.29 bits per heavy atom. The topological polar surface area (TPSA) is 12.0 Å². The second kappa shape index (κ2) is 5.67. The summed E-state index contributed by atoms with van der Waals surface area (Å²) in [7, 11) is 1.98. The quantitative estimate of drug-likeness (QED) is 0.876. The van der Waals surface area contributed by atoms with Crippen molar-refractivity contribution < 1.29 is 0 Å². The molecule has 0 fully saturated rings. The van der Waals surface area contributed by atoms with Gasteiger partial charge in [-0.3, -0.25) is 0 Å². The lowest BCUT2D eigenvalue weighted by molar-refractivity contribution is 0.793. The van der Waals surface area contributed by atoms with Gasteiger partial charge in [-0.05, 0) is 67.2 Å². The minimum absolute atomic E-state index is 0.804. The zero-order chi connectivity index (χ0) is 12.3. The first kappa shape index (κ1) is 12.6. The van der Waals surface area contributed by atoms with Crippen molar-refractivity contribution in [1.29, 1.82) is 0 Å². The molecule has 0 saturated heterocycles. The molecule has 2 rings (SSSR count). The van der Waals surface area contributed by atoms with Crippen LogP contribution in [0.3, 0.4) is 0 Å². The fourth-order valence-corrected chi connectivity index (χ4v) is 3.09.